The summed E-state index contributed by atoms with van der Waals surface area (Å²) in [6.45, 7) is 14.2. The molecule has 2 aliphatic rings. The van der Waals surface area contributed by atoms with Crippen molar-refractivity contribution in [1.29, 1.82) is 0 Å². The Morgan fingerprint density at radius 3 is 1.85 bits per heavy atom. The number of rotatable bonds is 5. The largest absolute Gasteiger partial charge is 0.311 e. The van der Waals surface area contributed by atoms with Crippen LogP contribution in [-0.2, 0) is 0 Å². The van der Waals surface area contributed by atoms with Crippen molar-refractivity contribution >= 4 is 40.2 Å². The molecular weight excluding hydrogens is 493 g/mol. The van der Waals surface area contributed by atoms with Crippen molar-refractivity contribution in [3.05, 3.63) is 120 Å². The third kappa shape index (κ3) is 3.91. The van der Waals surface area contributed by atoms with Crippen molar-refractivity contribution in [3.8, 4) is 22.3 Å². The SMILES string of the molecule is CC(C)c1ccccc1N1c2cc(-c3ccccc3)cc3c2B(c2cccc(C(C)C)c21)c1c-3cccc1C(C)C. The molecule has 2 heteroatoms. The maximum Gasteiger partial charge on any atom is 0.248 e. The second-order valence-corrected chi connectivity index (χ2v) is 12.7. The summed E-state index contributed by atoms with van der Waals surface area (Å²) < 4.78 is 0. The van der Waals surface area contributed by atoms with E-state index in [0.29, 0.717) is 17.8 Å². The normalized spacial score (nSPS) is 13.2. The van der Waals surface area contributed by atoms with Gasteiger partial charge >= 0.3 is 0 Å². The van der Waals surface area contributed by atoms with Crippen LogP contribution in [0.1, 0.15) is 76.0 Å². The summed E-state index contributed by atoms with van der Waals surface area (Å²) in [5.74, 6) is 1.26. The van der Waals surface area contributed by atoms with Crippen molar-refractivity contribution in [2.24, 2.45) is 0 Å². The van der Waals surface area contributed by atoms with Gasteiger partial charge in [-0.3, -0.25) is 0 Å². The summed E-state index contributed by atoms with van der Waals surface area (Å²) in [6.07, 6.45) is 0. The lowest BCUT2D eigenvalue weighted by Crippen LogP contribution is -2.56. The van der Waals surface area contributed by atoms with Crippen molar-refractivity contribution in [2.75, 3.05) is 4.90 Å². The summed E-state index contributed by atoms with van der Waals surface area (Å²) in [7, 11) is 0. The highest BCUT2D eigenvalue weighted by molar-refractivity contribution is 7.01. The van der Waals surface area contributed by atoms with Gasteiger partial charge in [-0.2, -0.15) is 0 Å². The van der Waals surface area contributed by atoms with Crippen LogP contribution in [0.25, 0.3) is 22.3 Å². The van der Waals surface area contributed by atoms with Crippen molar-refractivity contribution in [2.45, 2.75) is 59.3 Å². The van der Waals surface area contributed by atoms with Crippen LogP contribution in [0.15, 0.2) is 103 Å². The zero-order chi connectivity index (χ0) is 28.4. The van der Waals surface area contributed by atoms with Gasteiger partial charge in [-0.1, -0.05) is 132 Å². The van der Waals surface area contributed by atoms with E-state index in [4.69, 9.17) is 0 Å². The highest BCUT2D eigenvalue weighted by atomic mass is 15.2. The summed E-state index contributed by atoms with van der Waals surface area (Å²) in [4.78, 5) is 2.63. The van der Waals surface area contributed by atoms with Gasteiger partial charge in [0.25, 0.3) is 0 Å². The van der Waals surface area contributed by atoms with Crippen LogP contribution in [0, 0.1) is 0 Å². The second-order valence-electron chi connectivity index (χ2n) is 12.7. The van der Waals surface area contributed by atoms with E-state index in [-0.39, 0.29) is 6.71 Å². The van der Waals surface area contributed by atoms with Crippen LogP contribution in [0.2, 0.25) is 0 Å². The van der Waals surface area contributed by atoms with Gasteiger partial charge in [0.2, 0.25) is 6.71 Å². The summed E-state index contributed by atoms with van der Waals surface area (Å²) in [5.41, 5.74) is 18.0. The summed E-state index contributed by atoms with van der Waals surface area (Å²) in [6, 6.07) is 38.9. The van der Waals surface area contributed by atoms with Gasteiger partial charge in [0, 0.05) is 17.1 Å². The molecule has 0 aliphatic carbocycles. The molecule has 7 rings (SSSR count). The first-order chi connectivity index (χ1) is 19.9. The fourth-order valence-electron chi connectivity index (χ4n) is 7.33. The Labute approximate surface area is 246 Å². The molecule has 2 heterocycles. The van der Waals surface area contributed by atoms with Gasteiger partial charge in [0.1, 0.15) is 0 Å². The van der Waals surface area contributed by atoms with Crippen molar-refractivity contribution in [1.82, 2.24) is 0 Å². The lowest BCUT2D eigenvalue weighted by atomic mass is 9.36. The van der Waals surface area contributed by atoms with E-state index in [2.05, 4.69) is 150 Å². The van der Waals surface area contributed by atoms with E-state index in [1.807, 2.05) is 0 Å². The molecule has 0 saturated heterocycles. The molecule has 0 atom stereocenters. The topological polar surface area (TPSA) is 3.24 Å². The Morgan fingerprint density at radius 1 is 0.488 bits per heavy atom. The monoisotopic (exact) mass is 531 g/mol. The molecule has 5 aromatic carbocycles. The van der Waals surface area contributed by atoms with Crippen molar-refractivity contribution in [3.63, 3.8) is 0 Å². The van der Waals surface area contributed by atoms with E-state index >= 15 is 0 Å². The maximum absolute atomic E-state index is 2.63. The second kappa shape index (κ2) is 9.81. The molecule has 0 unspecified atom stereocenters. The molecule has 0 N–H and O–H groups in total. The van der Waals surface area contributed by atoms with E-state index in [0.717, 1.165) is 0 Å². The Kier molecular flexibility index (Phi) is 6.19. The fraction of sp³-hybridized carbons (Fsp3) is 0.231. The standard InChI is InChI=1S/C39H38BN/c1-24(2)29-16-10-11-21-35(29)41-36-23-28(27-14-8-7-9-15-27)22-33-32-19-12-17-30(25(3)4)37(32)40(38(33)36)34-20-13-18-31(26(5)6)39(34)41/h7-26H,1-6H3. The van der Waals surface area contributed by atoms with Crippen LogP contribution in [0.5, 0.6) is 0 Å². The summed E-state index contributed by atoms with van der Waals surface area (Å²) in [5, 5.41) is 0. The molecule has 202 valence electrons. The smallest absolute Gasteiger partial charge is 0.248 e. The predicted octanol–water partition coefficient (Wildman–Crippen LogP) is 9.00. The van der Waals surface area contributed by atoms with Gasteiger partial charge in [0.05, 0.1) is 0 Å². The van der Waals surface area contributed by atoms with Gasteiger partial charge in [-0.05, 0) is 85.8 Å². The van der Waals surface area contributed by atoms with Crippen molar-refractivity contribution < 1.29 is 0 Å². The molecule has 0 radical (unpaired) electrons. The Balaban J connectivity index is 1.65. The molecule has 0 bridgehead atoms. The molecule has 1 nitrogen and oxygen atoms in total. The highest BCUT2D eigenvalue weighted by Crippen LogP contribution is 2.47. The molecule has 41 heavy (non-hydrogen) atoms. The van der Waals surface area contributed by atoms with Gasteiger partial charge in [-0.25, -0.2) is 0 Å². The van der Waals surface area contributed by atoms with Crippen LogP contribution in [0.3, 0.4) is 0 Å². The van der Waals surface area contributed by atoms with Crippen LogP contribution < -0.4 is 21.3 Å². The van der Waals surface area contributed by atoms with E-state index < -0.39 is 0 Å². The third-order valence-corrected chi connectivity index (χ3v) is 9.19. The zero-order valence-corrected chi connectivity index (χ0v) is 25.1. The van der Waals surface area contributed by atoms with E-state index in [1.165, 1.54) is 72.4 Å². The first-order valence-corrected chi connectivity index (χ1v) is 15.2. The fourth-order valence-corrected chi connectivity index (χ4v) is 7.33. The average Bonchev–Trinajstić information content (AvgIpc) is 3.32. The minimum absolute atomic E-state index is 0.231. The molecule has 0 saturated carbocycles. The number of hydrogen-bond donors (Lipinski definition) is 0. The average molecular weight is 532 g/mol. The third-order valence-electron chi connectivity index (χ3n) is 9.19. The zero-order valence-electron chi connectivity index (χ0n) is 25.1. The number of hydrogen-bond acceptors (Lipinski definition) is 1. The molecule has 0 aromatic heterocycles. The lowest BCUT2D eigenvalue weighted by molar-refractivity contribution is 0.855. The molecule has 0 amide bonds. The molecule has 0 spiro atoms. The first kappa shape index (κ1) is 25.9. The number of fused-ring (bicyclic) bond motifs is 5. The molecule has 5 aromatic rings. The van der Waals surface area contributed by atoms with Gasteiger partial charge in [0.15, 0.2) is 0 Å². The van der Waals surface area contributed by atoms with E-state index in [1.54, 1.807) is 0 Å². The van der Waals surface area contributed by atoms with Gasteiger partial charge < -0.3 is 4.90 Å². The van der Waals surface area contributed by atoms with Crippen LogP contribution in [0.4, 0.5) is 17.1 Å². The molecule has 0 fully saturated rings. The quantitative estimate of drug-likeness (QED) is 0.200. The number of benzene rings is 5. The first-order valence-electron chi connectivity index (χ1n) is 15.2. The predicted molar refractivity (Wildman–Crippen MR) is 179 cm³/mol. The maximum atomic E-state index is 2.63. The number of para-hydroxylation sites is 2. The number of anilines is 3. The molecule has 2 aliphatic heterocycles. The Bertz CT molecular complexity index is 1780. The summed E-state index contributed by atoms with van der Waals surface area (Å²) >= 11 is 0. The Hall–Kier alpha value is -4.04. The lowest BCUT2D eigenvalue weighted by Gasteiger charge is -2.40. The Morgan fingerprint density at radius 2 is 1.12 bits per heavy atom. The van der Waals surface area contributed by atoms with Crippen LogP contribution >= 0.6 is 0 Å². The van der Waals surface area contributed by atoms with Crippen LogP contribution in [-0.4, -0.2) is 6.71 Å². The minimum Gasteiger partial charge on any atom is -0.311 e. The highest BCUT2D eigenvalue weighted by Gasteiger charge is 2.45. The molecular formula is C39H38BN. The minimum atomic E-state index is 0.231. The van der Waals surface area contributed by atoms with Gasteiger partial charge in [-0.15, -0.1) is 0 Å². The van der Waals surface area contributed by atoms with E-state index in [9.17, 15) is 0 Å². The number of nitrogens with zero attached hydrogens (tertiary/aromatic N) is 1.